The lowest BCUT2D eigenvalue weighted by molar-refractivity contribution is -0.136. The van der Waals surface area contributed by atoms with Crippen LogP contribution >= 0.6 is 0 Å². The number of carbonyl (C=O) groups excluding carboxylic acids is 3. The zero-order valence-corrected chi connectivity index (χ0v) is 22.4. The molecule has 2 N–H and O–H groups in total. The lowest BCUT2D eigenvalue weighted by atomic mass is 9.53. The predicted molar refractivity (Wildman–Crippen MR) is 146 cm³/mol. The normalized spacial score (nSPS) is 31.0. The molecule has 4 aliphatic carbocycles. The smallest absolute Gasteiger partial charge is 0.255 e. The van der Waals surface area contributed by atoms with Gasteiger partial charge in [0, 0.05) is 23.1 Å². The molecule has 4 saturated carbocycles. The zero-order chi connectivity index (χ0) is 26.6. The molecule has 2 aromatic rings. The van der Waals surface area contributed by atoms with Crippen LogP contribution in [0.5, 0.6) is 5.75 Å². The first-order valence-corrected chi connectivity index (χ1v) is 14.7. The summed E-state index contributed by atoms with van der Waals surface area (Å²) in [6.07, 6.45) is 10.2. The summed E-state index contributed by atoms with van der Waals surface area (Å²) in [5.41, 5.74) is 4.20. The van der Waals surface area contributed by atoms with Gasteiger partial charge in [0.1, 0.15) is 18.4 Å². The van der Waals surface area contributed by atoms with Gasteiger partial charge in [0.05, 0.1) is 6.54 Å². The van der Waals surface area contributed by atoms with Gasteiger partial charge < -0.3 is 15.0 Å². The van der Waals surface area contributed by atoms with Gasteiger partial charge >= 0.3 is 0 Å². The maximum absolute atomic E-state index is 13.1. The summed E-state index contributed by atoms with van der Waals surface area (Å²) in [7, 11) is 0. The molecule has 7 nitrogen and oxygen atoms in total. The SMILES string of the molecule is O=C1CCC(N2Cc3c(OCc4ccc(CCNC56CC7CC(CC(C7)C5)C6)cc4)cccc3C2=O)C(=O)N1. The van der Waals surface area contributed by atoms with Gasteiger partial charge in [-0.3, -0.25) is 19.7 Å². The molecule has 0 aromatic heterocycles. The molecule has 3 amide bonds. The van der Waals surface area contributed by atoms with Gasteiger partial charge in [0.2, 0.25) is 11.8 Å². The fraction of sp³-hybridized carbons (Fsp3) is 0.531. The molecule has 2 aliphatic heterocycles. The van der Waals surface area contributed by atoms with E-state index in [9.17, 15) is 14.4 Å². The minimum absolute atomic E-state index is 0.184. The first kappa shape index (κ1) is 24.8. The number of hydrogen-bond donors (Lipinski definition) is 2. The molecule has 39 heavy (non-hydrogen) atoms. The van der Waals surface area contributed by atoms with E-state index in [1.165, 1.54) is 44.1 Å². The fourth-order valence-electron chi connectivity index (χ4n) is 8.45. The van der Waals surface area contributed by atoms with Crippen LogP contribution in [0, 0.1) is 17.8 Å². The minimum atomic E-state index is -0.625. The topological polar surface area (TPSA) is 87.7 Å². The summed E-state index contributed by atoms with van der Waals surface area (Å²) in [5.74, 6) is 2.70. The number of carbonyl (C=O) groups is 3. The summed E-state index contributed by atoms with van der Waals surface area (Å²) in [6.45, 7) is 1.76. The van der Waals surface area contributed by atoms with Crippen molar-refractivity contribution in [3.05, 3.63) is 64.7 Å². The first-order valence-electron chi connectivity index (χ1n) is 14.7. The fourth-order valence-corrected chi connectivity index (χ4v) is 8.45. The van der Waals surface area contributed by atoms with Crippen molar-refractivity contribution in [1.82, 2.24) is 15.5 Å². The van der Waals surface area contributed by atoms with Crippen LogP contribution in [-0.2, 0) is 29.2 Å². The number of amides is 3. The van der Waals surface area contributed by atoms with E-state index < -0.39 is 11.9 Å². The molecule has 1 atom stereocenters. The minimum Gasteiger partial charge on any atom is -0.489 e. The van der Waals surface area contributed by atoms with Crippen molar-refractivity contribution < 1.29 is 19.1 Å². The maximum Gasteiger partial charge on any atom is 0.255 e. The summed E-state index contributed by atoms with van der Waals surface area (Å²) in [6, 6.07) is 13.5. The molecule has 5 fully saturated rings. The lowest BCUT2D eigenvalue weighted by Crippen LogP contribution is -2.58. The predicted octanol–water partition coefficient (Wildman–Crippen LogP) is 4.13. The Bertz CT molecular complexity index is 1270. The second-order valence-corrected chi connectivity index (χ2v) is 12.7. The molecular formula is C32H37N3O4. The Balaban J connectivity index is 0.939. The lowest BCUT2D eigenvalue weighted by Gasteiger charge is -2.57. The van der Waals surface area contributed by atoms with Crippen LogP contribution in [0.1, 0.15) is 78.4 Å². The largest absolute Gasteiger partial charge is 0.489 e. The van der Waals surface area contributed by atoms with Gasteiger partial charge in [-0.2, -0.15) is 0 Å². The van der Waals surface area contributed by atoms with Gasteiger partial charge in [0.15, 0.2) is 0 Å². The monoisotopic (exact) mass is 527 g/mol. The molecule has 204 valence electrons. The Morgan fingerprint density at radius 1 is 0.923 bits per heavy atom. The van der Waals surface area contributed by atoms with Gasteiger partial charge in [-0.1, -0.05) is 30.3 Å². The highest BCUT2D eigenvalue weighted by Gasteiger charge is 2.50. The molecule has 7 heteroatoms. The number of piperidine rings is 1. The van der Waals surface area contributed by atoms with Gasteiger partial charge in [-0.25, -0.2) is 0 Å². The van der Waals surface area contributed by atoms with Crippen molar-refractivity contribution in [2.75, 3.05) is 6.54 Å². The third-order valence-corrected chi connectivity index (χ3v) is 9.91. The van der Waals surface area contributed by atoms with Crippen LogP contribution in [0.2, 0.25) is 0 Å². The van der Waals surface area contributed by atoms with E-state index in [1.807, 2.05) is 12.1 Å². The average Bonchev–Trinajstić information content (AvgIpc) is 3.24. The molecule has 1 unspecified atom stereocenters. The number of ether oxygens (including phenoxy) is 1. The maximum atomic E-state index is 13.1. The Morgan fingerprint density at radius 2 is 1.62 bits per heavy atom. The summed E-state index contributed by atoms with van der Waals surface area (Å²) in [5, 5.41) is 6.35. The number of nitrogens with one attached hydrogen (secondary N) is 2. The Kier molecular flexibility index (Phi) is 6.22. The molecule has 6 aliphatic rings. The average molecular weight is 528 g/mol. The van der Waals surface area contributed by atoms with Crippen molar-refractivity contribution in [2.24, 2.45) is 17.8 Å². The summed E-state index contributed by atoms with van der Waals surface area (Å²) < 4.78 is 6.18. The van der Waals surface area contributed by atoms with Gasteiger partial charge in [-0.05, 0) is 98.9 Å². The first-order chi connectivity index (χ1) is 18.9. The number of imide groups is 1. The van der Waals surface area contributed by atoms with Crippen LogP contribution < -0.4 is 15.4 Å². The molecule has 4 bridgehead atoms. The highest BCUT2D eigenvalue weighted by atomic mass is 16.5. The zero-order valence-electron chi connectivity index (χ0n) is 22.4. The number of hydrogen-bond acceptors (Lipinski definition) is 5. The third-order valence-electron chi connectivity index (χ3n) is 9.91. The number of rotatable bonds is 8. The van der Waals surface area contributed by atoms with Crippen molar-refractivity contribution >= 4 is 17.7 Å². The number of fused-ring (bicyclic) bond motifs is 1. The van der Waals surface area contributed by atoms with E-state index in [0.29, 0.717) is 36.4 Å². The molecule has 0 spiro atoms. The van der Waals surface area contributed by atoms with Crippen LogP contribution in [0.15, 0.2) is 42.5 Å². The molecular weight excluding hydrogens is 490 g/mol. The molecule has 0 radical (unpaired) electrons. The summed E-state index contributed by atoms with van der Waals surface area (Å²) >= 11 is 0. The van der Waals surface area contributed by atoms with Crippen LogP contribution in [0.3, 0.4) is 0 Å². The van der Waals surface area contributed by atoms with E-state index in [0.717, 1.165) is 41.8 Å². The van der Waals surface area contributed by atoms with E-state index in [-0.39, 0.29) is 18.2 Å². The standard InChI is InChI=1S/C32H37N3O4/c36-29-9-8-27(30(37)34-29)35-18-26-25(31(35)38)2-1-3-28(26)39-19-21-6-4-20(5-7-21)10-11-33-32-15-22-12-23(16-32)14-24(13-22)17-32/h1-7,22-24,27,33H,8-19H2,(H,34,36,37). The van der Waals surface area contributed by atoms with Crippen LogP contribution in [0.4, 0.5) is 0 Å². The highest BCUT2D eigenvalue weighted by Crippen LogP contribution is 2.55. The molecule has 8 rings (SSSR count). The van der Waals surface area contributed by atoms with Crippen LogP contribution in [0.25, 0.3) is 0 Å². The third kappa shape index (κ3) is 4.75. The summed E-state index contributed by atoms with van der Waals surface area (Å²) in [4.78, 5) is 38.5. The van der Waals surface area contributed by atoms with E-state index in [4.69, 9.17) is 4.74 Å². The quantitative estimate of drug-likeness (QED) is 0.504. The van der Waals surface area contributed by atoms with Crippen molar-refractivity contribution in [2.45, 2.75) is 82.5 Å². The molecule has 1 saturated heterocycles. The van der Waals surface area contributed by atoms with Crippen molar-refractivity contribution in [3.63, 3.8) is 0 Å². The number of nitrogens with zero attached hydrogens (tertiary/aromatic N) is 1. The second kappa shape index (κ2) is 9.77. The number of benzene rings is 2. The van der Waals surface area contributed by atoms with Gasteiger partial charge in [0.25, 0.3) is 5.91 Å². The van der Waals surface area contributed by atoms with Crippen molar-refractivity contribution in [3.8, 4) is 5.75 Å². The van der Waals surface area contributed by atoms with E-state index in [1.54, 1.807) is 11.0 Å². The van der Waals surface area contributed by atoms with E-state index >= 15 is 0 Å². The Labute approximate surface area is 229 Å². The van der Waals surface area contributed by atoms with Crippen molar-refractivity contribution in [1.29, 1.82) is 0 Å². The van der Waals surface area contributed by atoms with E-state index in [2.05, 4.69) is 34.9 Å². The Hall–Kier alpha value is -3.19. The second-order valence-electron chi connectivity index (χ2n) is 12.7. The Morgan fingerprint density at radius 3 is 2.31 bits per heavy atom. The highest BCUT2D eigenvalue weighted by molar-refractivity contribution is 6.05. The molecule has 2 aromatic carbocycles. The van der Waals surface area contributed by atoms with Gasteiger partial charge in [-0.15, -0.1) is 0 Å². The molecule has 2 heterocycles. The van der Waals surface area contributed by atoms with Crippen LogP contribution in [-0.4, -0.2) is 40.7 Å².